The maximum absolute atomic E-state index is 5.23. The summed E-state index contributed by atoms with van der Waals surface area (Å²) in [4.78, 5) is 8.71. The van der Waals surface area contributed by atoms with Crippen LogP contribution in [0, 0.1) is 0 Å². The van der Waals surface area contributed by atoms with Crippen LogP contribution in [0.25, 0.3) is 5.57 Å². The molecule has 0 fully saturated rings. The van der Waals surface area contributed by atoms with E-state index in [1.54, 1.807) is 14.2 Å². The molecule has 0 aromatic heterocycles. The molecule has 0 saturated carbocycles. The lowest BCUT2D eigenvalue weighted by Gasteiger charge is -2.07. The number of allylic oxidation sites excluding steroid dienone is 4. The average Bonchev–Trinajstić information content (AvgIpc) is 2.68. The normalized spacial score (nSPS) is 13.2. The molecule has 0 atom stereocenters. The molecule has 2 aromatic rings. The van der Waals surface area contributed by atoms with Crippen molar-refractivity contribution in [1.82, 2.24) is 0 Å². The van der Waals surface area contributed by atoms with Crippen LogP contribution in [0.3, 0.4) is 0 Å². The molecule has 134 valence electrons. The molecular formula is C22H25N3O. The lowest BCUT2D eigenvalue weighted by molar-refractivity contribution is 0.415. The zero-order valence-electron chi connectivity index (χ0n) is 15.7. The van der Waals surface area contributed by atoms with Crippen molar-refractivity contribution in [2.75, 3.05) is 19.5 Å². The van der Waals surface area contributed by atoms with Crippen molar-refractivity contribution in [2.45, 2.75) is 13.8 Å². The van der Waals surface area contributed by atoms with Gasteiger partial charge in [0, 0.05) is 24.5 Å². The summed E-state index contributed by atoms with van der Waals surface area (Å²) in [5.41, 5.74) is 4.15. The third-order valence-corrected chi connectivity index (χ3v) is 3.73. The Bertz CT molecular complexity index is 833. The molecule has 0 aliphatic carbocycles. The fraction of sp³-hybridized carbons (Fsp3) is 0.182. The Morgan fingerprint density at radius 3 is 2.50 bits per heavy atom. The molecule has 26 heavy (non-hydrogen) atoms. The first kappa shape index (κ1) is 19.2. The summed E-state index contributed by atoms with van der Waals surface area (Å²) in [7, 11) is 3.36. The summed E-state index contributed by atoms with van der Waals surface area (Å²) in [6.07, 6.45) is 6.04. The highest BCUT2D eigenvalue weighted by Gasteiger charge is 1.99. The number of ether oxygens (including phenoxy) is 1. The molecule has 0 spiro atoms. The Kier molecular flexibility index (Phi) is 7.37. The van der Waals surface area contributed by atoms with Gasteiger partial charge in [-0.3, -0.25) is 4.99 Å². The monoisotopic (exact) mass is 347 g/mol. The third-order valence-electron chi connectivity index (χ3n) is 3.73. The summed E-state index contributed by atoms with van der Waals surface area (Å²) in [5, 5.41) is 3.19. The molecule has 4 nitrogen and oxygen atoms in total. The molecule has 4 heteroatoms. The molecule has 0 aliphatic heterocycles. The Balaban J connectivity index is 2.04. The molecule has 2 rings (SSSR count). The van der Waals surface area contributed by atoms with Crippen LogP contribution >= 0.6 is 0 Å². The first-order valence-corrected chi connectivity index (χ1v) is 8.46. The summed E-state index contributed by atoms with van der Waals surface area (Å²) >= 11 is 0. The largest absolute Gasteiger partial charge is 0.497 e. The van der Waals surface area contributed by atoms with Crippen molar-refractivity contribution in [3.63, 3.8) is 0 Å². The van der Waals surface area contributed by atoms with Gasteiger partial charge in [0.05, 0.1) is 7.11 Å². The van der Waals surface area contributed by atoms with Gasteiger partial charge in [-0.2, -0.15) is 0 Å². The minimum atomic E-state index is 0.546. The molecule has 0 radical (unpaired) electrons. The third kappa shape index (κ3) is 6.06. The van der Waals surface area contributed by atoms with Gasteiger partial charge in [-0.1, -0.05) is 48.6 Å². The van der Waals surface area contributed by atoms with Crippen LogP contribution < -0.4 is 10.1 Å². The van der Waals surface area contributed by atoms with Gasteiger partial charge in [-0.25, -0.2) is 4.99 Å². The van der Waals surface area contributed by atoms with Crippen molar-refractivity contribution in [1.29, 1.82) is 0 Å². The maximum atomic E-state index is 5.23. The van der Waals surface area contributed by atoms with Gasteiger partial charge in [-0.05, 0) is 43.2 Å². The highest BCUT2D eigenvalue weighted by molar-refractivity contribution is 6.06. The Labute approximate surface area is 155 Å². The molecule has 0 heterocycles. The highest BCUT2D eigenvalue weighted by atomic mass is 16.5. The van der Waals surface area contributed by atoms with Gasteiger partial charge in [0.1, 0.15) is 5.75 Å². The van der Waals surface area contributed by atoms with Crippen LogP contribution in [0.1, 0.15) is 19.4 Å². The van der Waals surface area contributed by atoms with Gasteiger partial charge < -0.3 is 10.1 Å². The van der Waals surface area contributed by atoms with E-state index in [0.29, 0.717) is 5.96 Å². The smallest absolute Gasteiger partial charge is 0.222 e. The van der Waals surface area contributed by atoms with E-state index < -0.39 is 0 Å². The number of nitrogens with zero attached hydrogens (tertiary/aromatic N) is 2. The molecule has 0 bridgehead atoms. The van der Waals surface area contributed by atoms with Gasteiger partial charge in [0.25, 0.3) is 0 Å². The van der Waals surface area contributed by atoms with Crippen molar-refractivity contribution >= 4 is 22.9 Å². The molecule has 1 N–H and O–H groups in total. The molecule has 0 saturated heterocycles. The second kappa shape index (κ2) is 9.99. The minimum absolute atomic E-state index is 0.546. The van der Waals surface area contributed by atoms with Crippen LogP contribution in [0.4, 0.5) is 5.69 Å². The van der Waals surface area contributed by atoms with Gasteiger partial charge in [-0.15, -0.1) is 0 Å². The van der Waals surface area contributed by atoms with E-state index in [4.69, 9.17) is 4.74 Å². The predicted molar refractivity (Wildman–Crippen MR) is 112 cm³/mol. The topological polar surface area (TPSA) is 46.0 Å². The van der Waals surface area contributed by atoms with Crippen molar-refractivity contribution in [2.24, 2.45) is 9.98 Å². The fourth-order valence-corrected chi connectivity index (χ4v) is 2.30. The number of benzene rings is 2. The quantitative estimate of drug-likeness (QED) is 0.458. The van der Waals surface area contributed by atoms with Crippen LogP contribution in [0.5, 0.6) is 5.75 Å². The molecule has 0 aliphatic rings. The second-order valence-corrected chi connectivity index (χ2v) is 5.73. The van der Waals surface area contributed by atoms with Crippen LogP contribution in [-0.2, 0) is 0 Å². The number of nitrogens with one attached hydrogen (secondary N) is 1. The lowest BCUT2D eigenvalue weighted by atomic mass is 10.1. The van der Waals surface area contributed by atoms with Crippen molar-refractivity contribution < 1.29 is 4.74 Å². The highest BCUT2D eigenvalue weighted by Crippen LogP contribution is 2.17. The Morgan fingerprint density at radius 2 is 1.81 bits per heavy atom. The van der Waals surface area contributed by atoms with Crippen LogP contribution in [0.2, 0.25) is 0 Å². The van der Waals surface area contributed by atoms with Gasteiger partial charge in [0.2, 0.25) is 5.96 Å². The molecule has 0 amide bonds. The van der Waals surface area contributed by atoms with Crippen LogP contribution in [-0.4, -0.2) is 25.8 Å². The minimum Gasteiger partial charge on any atom is -0.497 e. The molecule has 2 aromatic carbocycles. The second-order valence-electron chi connectivity index (χ2n) is 5.73. The van der Waals surface area contributed by atoms with E-state index in [2.05, 4.69) is 40.4 Å². The number of aliphatic imine (C=N–C) groups is 2. The number of rotatable bonds is 5. The zero-order valence-corrected chi connectivity index (χ0v) is 15.7. The predicted octanol–water partition coefficient (Wildman–Crippen LogP) is 5.21. The van der Waals surface area contributed by atoms with E-state index in [9.17, 15) is 0 Å². The Hall–Kier alpha value is -3.14. The summed E-state index contributed by atoms with van der Waals surface area (Å²) < 4.78 is 5.23. The van der Waals surface area contributed by atoms with Gasteiger partial charge >= 0.3 is 0 Å². The van der Waals surface area contributed by atoms with E-state index in [1.165, 1.54) is 11.1 Å². The molecule has 0 unspecified atom stereocenters. The average molecular weight is 347 g/mol. The maximum Gasteiger partial charge on any atom is 0.222 e. The standard InChI is InChI=1S/C22H25N3O/c1-17(19-12-6-5-7-13-19)10-8-11-18(2)24-22(23-3)25-20-14-9-15-21(16-20)26-4/h5-16H,1-4H3,(H,23,25)/b11-8-,17-10+,24-18+. The van der Waals surface area contributed by atoms with Crippen LogP contribution in [0.15, 0.2) is 82.8 Å². The van der Waals surface area contributed by atoms with Gasteiger partial charge in [0.15, 0.2) is 0 Å². The first-order chi connectivity index (χ1) is 12.6. The number of guanidine groups is 1. The van der Waals surface area contributed by atoms with E-state index >= 15 is 0 Å². The SMILES string of the molecule is CN=C(/N=C(C)/C=C\C=C(/C)c1ccccc1)Nc1cccc(OC)c1. The number of hydrogen-bond donors (Lipinski definition) is 1. The number of anilines is 1. The first-order valence-electron chi connectivity index (χ1n) is 8.46. The van der Waals surface area contributed by atoms with E-state index in [1.807, 2.05) is 61.5 Å². The van der Waals surface area contributed by atoms with Crippen molar-refractivity contribution in [3.05, 3.63) is 78.4 Å². The lowest BCUT2D eigenvalue weighted by Crippen LogP contribution is -2.10. The van der Waals surface area contributed by atoms with Crippen molar-refractivity contribution in [3.8, 4) is 5.75 Å². The number of hydrogen-bond acceptors (Lipinski definition) is 2. The fourth-order valence-electron chi connectivity index (χ4n) is 2.30. The summed E-state index contributed by atoms with van der Waals surface area (Å²) in [6.45, 7) is 4.04. The zero-order chi connectivity index (χ0) is 18.8. The summed E-state index contributed by atoms with van der Waals surface area (Å²) in [6, 6.07) is 18.0. The molecular weight excluding hydrogens is 322 g/mol. The van der Waals surface area contributed by atoms with E-state index in [0.717, 1.165) is 17.1 Å². The summed E-state index contributed by atoms with van der Waals surface area (Å²) in [5.74, 6) is 1.33. The van der Waals surface area contributed by atoms with E-state index in [-0.39, 0.29) is 0 Å². The Morgan fingerprint density at radius 1 is 1.04 bits per heavy atom. The number of methoxy groups -OCH3 is 1.